The van der Waals surface area contributed by atoms with Crippen molar-refractivity contribution >= 4 is 11.8 Å². The first-order chi connectivity index (χ1) is 16.2. The summed E-state index contributed by atoms with van der Waals surface area (Å²) in [6, 6.07) is 15.6. The number of aliphatic imine (C=N–C) groups is 1. The van der Waals surface area contributed by atoms with Crippen LogP contribution < -0.4 is 15.5 Å². The fourth-order valence-electron chi connectivity index (χ4n) is 4.81. The maximum atomic E-state index is 4.62. The highest BCUT2D eigenvalue weighted by atomic mass is 15.3. The molecule has 7 nitrogen and oxygen atoms in total. The van der Waals surface area contributed by atoms with Gasteiger partial charge in [-0.05, 0) is 49.2 Å². The topological polar surface area (TPSA) is 59.0 Å². The van der Waals surface area contributed by atoms with E-state index in [1.165, 1.54) is 30.5 Å². The molecule has 0 bridgehead atoms. The van der Waals surface area contributed by atoms with Crippen molar-refractivity contribution in [1.82, 2.24) is 25.4 Å². The first-order valence-electron chi connectivity index (χ1n) is 12.4. The Morgan fingerprint density at radius 2 is 1.85 bits per heavy atom. The highest BCUT2D eigenvalue weighted by molar-refractivity contribution is 5.79. The molecule has 0 saturated carbocycles. The Morgan fingerprint density at radius 1 is 1.03 bits per heavy atom. The Morgan fingerprint density at radius 3 is 2.61 bits per heavy atom. The first kappa shape index (κ1) is 23.5. The van der Waals surface area contributed by atoms with E-state index in [0.29, 0.717) is 6.04 Å². The van der Waals surface area contributed by atoms with Gasteiger partial charge < -0.3 is 20.4 Å². The molecule has 7 heteroatoms. The number of rotatable bonds is 8. The average molecular weight is 450 g/mol. The van der Waals surface area contributed by atoms with Gasteiger partial charge in [0.2, 0.25) is 0 Å². The highest BCUT2D eigenvalue weighted by Gasteiger charge is 2.24. The van der Waals surface area contributed by atoms with Crippen LogP contribution in [0.25, 0.3) is 0 Å². The molecule has 33 heavy (non-hydrogen) atoms. The fraction of sp³-hybridized carbons (Fsp3) is 0.538. The molecule has 2 N–H and O–H groups in total. The lowest BCUT2D eigenvalue weighted by atomic mass is 10.2. The molecule has 4 rings (SSSR count). The summed E-state index contributed by atoms with van der Waals surface area (Å²) < 4.78 is 0. The van der Waals surface area contributed by atoms with Gasteiger partial charge in [0.15, 0.2) is 5.96 Å². The summed E-state index contributed by atoms with van der Waals surface area (Å²) in [7, 11) is 1.84. The van der Waals surface area contributed by atoms with Crippen molar-refractivity contribution in [3.8, 4) is 0 Å². The molecular weight excluding hydrogens is 410 g/mol. The number of hydrogen-bond acceptors (Lipinski definition) is 5. The van der Waals surface area contributed by atoms with E-state index >= 15 is 0 Å². The zero-order valence-electron chi connectivity index (χ0n) is 20.2. The number of nitrogens with one attached hydrogen (secondary N) is 2. The summed E-state index contributed by atoms with van der Waals surface area (Å²) in [5, 5.41) is 7.04. The van der Waals surface area contributed by atoms with E-state index in [1.807, 2.05) is 13.2 Å². The average Bonchev–Trinajstić information content (AvgIpc) is 3.31. The molecule has 2 aliphatic heterocycles. The number of likely N-dealkylation sites (N-methyl/N-ethyl adjacent to an activating group) is 1. The standard InChI is InChI=1S/C26H39N7/c1-3-31-14-16-32(17-15-31)25-18-23(11-12-28-25)19-29-26(27-2)30-20-24-10-7-13-33(24)21-22-8-5-4-6-9-22/h4-6,8-9,11-12,18,24H,3,7,10,13-17,19-21H2,1-2H3,(H2,27,29,30). The van der Waals surface area contributed by atoms with E-state index in [9.17, 15) is 0 Å². The number of hydrogen-bond donors (Lipinski definition) is 2. The molecule has 0 radical (unpaired) electrons. The molecule has 2 saturated heterocycles. The van der Waals surface area contributed by atoms with Crippen molar-refractivity contribution in [2.45, 2.75) is 38.9 Å². The quantitative estimate of drug-likeness (QED) is 0.477. The maximum absolute atomic E-state index is 4.62. The van der Waals surface area contributed by atoms with E-state index in [1.54, 1.807) is 0 Å². The van der Waals surface area contributed by atoms with Crippen LogP contribution in [0.2, 0.25) is 0 Å². The van der Waals surface area contributed by atoms with Gasteiger partial charge in [-0.25, -0.2) is 4.98 Å². The van der Waals surface area contributed by atoms with Crippen LogP contribution in [0.1, 0.15) is 30.9 Å². The molecule has 0 spiro atoms. The Bertz CT molecular complexity index is 877. The lowest BCUT2D eigenvalue weighted by Gasteiger charge is -2.34. The van der Waals surface area contributed by atoms with Crippen LogP contribution in [-0.4, -0.2) is 79.6 Å². The van der Waals surface area contributed by atoms with Crippen LogP contribution >= 0.6 is 0 Å². The number of anilines is 1. The molecule has 1 atom stereocenters. The summed E-state index contributed by atoms with van der Waals surface area (Å²) >= 11 is 0. The van der Waals surface area contributed by atoms with Gasteiger partial charge in [-0.3, -0.25) is 9.89 Å². The molecule has 0 amide bonds. The minimum Gasteiger partial charge on any atom is -0.355 e. The van der Waals surface area contributed by atoms with Crippen molar-refractivity contribution in [3.05, 3.63) is 59.8 Å². The van der Waals surface area contributed by atoms with Crippen LogP contribution in [0, 0.1) is 0 Å². The molecular formula is C26H39N7. The molecule has 0 aliphatic carbocycles. The number of aromatic nitrogens is 1. The first-order valence-corrected chi connectivity index (χ1v) is 12.4. The normalized spacial score (nSPS) is 20.2. The van der Waals surface area contributed by atoms with Gasteiger partial charge >= 0.3 is 0 Å². The van der Waals surface area contributed by atoms with Crippen molar-refractivity contribution < 1.29 is 0 Å². The number of pyridine rings is 1. The zero-order chi connectivity index (χ0) is 22.9. The lowest BCUT2D eigenvalue weighted by molar-refractivity contribution is 0.245. The second kappa shape index (κ2) is 12.0. The van der Waals surface area contributed by atoms with Gasteiger partial charge in [0.25, 0.3) is 0 Å². The van der Waals surface area contributed by atoms with Crippen LogP contribution in [0.3, 0.4) is 0 Å². The number of benzene rings is 1. The van der Waals surface area contributed by atoms with Crippen molar-refractivity contribution in [2.75, 3.05) is 57.8 Å². The minimum absolute atomic E-state index is 0.540. The van der Waals surface area contributed by atoms with E-state index in [2.05, 4.69) is 84.7 Å². The molecule has 3 heterocycles. The van der Waals surface area contributed by atoms with Crippen molar-refractivity contribution in [2.24, 2.45) is 4.99 Å². The third-order valence-electron chi connectivity index (χ3n) is 6.87. The van der Waals surface area contributed by atoms with Gasteiger partial charge in [-0.1, -0.05) is 37.3 Å². The van der Waals surface area contributed by atoms with Gasteiger partial charge in [0, 0.05) is 65.1 Å². The summed E-state index contributed by atoms with van der Waals surface area (Å²) in [5.74, 6) is 1.94. The largest absolute Gasteiger partial charge is 0.355 e. The van der Waals surface area contributed by atoms with Gasteiger partial charge in [-0.2, -0.15) is 0 Å². The van der Waals surface area contributed by atoms with Crippen molar-refractivity contribution in [3.63, 3.8) is 0 Å². The van der Waals surface area contributed by atoms with Gasteiger partial charge in [0.05, 0.1) is 0 Å². The molecule has 178 valence electrons. The molecule has 1 unspecified atom stereocenters. The van der Waals surface area contributed by atoms with Crippen LogP contribution in [0.4, 0.5) is 5.82 Å². The molecule has 1 aromatic carbocycles. The Labute approximate surface area is 198 Å². The molecule has 2 aromatic rings. The summed E-state index contributed by atoms with van der Waals surface area (Å²) in [4.78, 5) is 16.5. The van der Waals surface area contributed by atoms with Gasteiger partial charge in [-0.15, -0.1) is 0 Å². The smallest absolute Gasteiger partial charge is 0.191 e. The summed E-state index contributed by atoms with van der Waals surface area (Å²) in [6.45, 7) is 11.5. The van der Waals surface area contributed by atoms with Crippen LogP contribution in [-0.2, 0) is 13.1 Å². The molecule has 2 fully saturated rings. The Balaban J connectivity index is 1.25. The fourth-order valence-corrected chi connectivity index (χ4v) is 4.81. The second-order valence-electron chi connectivity index (χ2n) is 9.00. The van der Waals surface area contributed by atoms with E-state index < -0.39 is 0 Å². The summed E-state index contributed by atoms with van der Waals surface area (Å²) in [5.41, 5.74) is 2.61. The predicted octanol–water partition coefficient (Wildman–Crippen LogP) is 2.55. The monoisotopic (exact) mass is 449 g/mol. The van der Waals surface area contributed by atoms with E-state index in [-0.39, 0.29) is 0 Å². The Kier molecular flexibility index (Phi) is 8.55. The van der Waals surface area contributed by atoms with Crippen LogP contribution in [0.5, 0.6) is 0 Å². The minimum atomic E-state index is 0.540. The number of likely N-dealkylation sites (tertiary alicyclic amines) is 1. The maximum Gasteiger partial charge on any atom is 0.191 e. The highest BCUT2D eigenvalue weighted by Crippen LogP contribution is 2.19. The third kappa shape index (κ3) is 6.68. The van der Waals surface area contributed by atoms with Crippen LogP contribution in [0.15, 0.2) is 53.7 Å². The van der Waals surface area contributed by atoms with E-state index in [0.717, 1.165) is 64.1 Å². The zero-order valence-corrected chi connectivity index (χ0v) is 20.2. The summed E-state index contributed by atoms with van der Waals surface area (Å²) in [6.07, 6.45) is 4.42. The Hall–Kier alpha value is -2.64. The number of guanidine groups is 1. The van der Waals surface area contributed by atoms with Crippen molar-refractivity contribution in [1.29, 1.82) is 0 Å². The second-order valence-corrected chi connectivity index (χ2v) is 9.00. The molecule has 1 aromatic heterocycles. The number of piperazine rings is 1. The SMILES string of the molecule is CCN1CCN(c2cc(CNC(=NC)NCC3CCCN3Cc3ccccc3)ccn2)CC1. The predicted molar refractivity (Wildman–Crippen MR) is 137 cm³/mol. The van der Waals surface area contributed by atoms with E-state index in [4.69, 9.17) is 0 Å². The number of nitrogens with zero attached hydrogens (tertiary/aromatic N) is 5. The lowest BCUT2D eigenvalue weighted by Crippen LogP contribution is -2.46. The van der Waals surface area contributed by atoms with Gasteiger partial charge in [0.1, 0.15) is 5.82 Å². The molecule has 2 aliphatic rings. The third-order valence-corrected chi connectivity index (χ3v) is 6.87.